The Morgan fingerprint density at radius 1 is 0.700 bits per heavy atom. The molecule has 0 saturated heterocycles. The molecule has 4 nitrogen and oxygen atoms in total. The van der Waals surface area contributed by atoms with Crippen LogP contribution in [-0.4, -0.2) is 30.8 Å². The normalized spacial score (nSPS) is 12.6. The predicted octanol–water partition coefficient (Wildman–Crippen LogP) is 7.29. The van der Waals surface area contributed by atoms with E-state index in [0.29, 0.717) is 6.61 Å². The molecule has 0 heterocycles. The van der Waals surface area contributed by atoms with Crippen LogP contribution in [0.4, 0.5) is 13.2 Å². The Morgan fingerprint density at radius 3 is 1.60 bits per heavy atom. The van der Waals surface area contributed by atoms with Crippen molar-refractivity contribution in [3.8, 4) is 0 Å². The first-order chi connectivity index (χ1) is 14.3. The van der Waals surface area contributed by atoms with Crippen LogP contribution in [0.25, 0.3) is 0 Å². The number of alkyl halides is 3. The molecule has 1 atom stereocenters. The van der Waals surface area contributed by atoms with E-state index in [4.69, 9.17) is 4.74 Å². The van der Waals surface area contributed by atoms with Crippen molar-refractivity contribution in [2.45, 2.75) is 129 Å². The highest BCUT2D eigenvalue weighted by Crippen LogP contribution is 2.22. The minimum Gasteiger partial charge on any atom is -0.466 e. The molecule has 0 aliphatic heterocycles. The van der Waals surface area contributed by atoms with Crippen LogP contribution in [0.15, 0.2) is 0 Å². The maximum Gasteiger partial charge on any atom is 0.425 e. The Morgan fingerprint density at radius 2 is 1.13 bits per heavy atom. The van der Waals surface area contributed by atoms with E-state index in [1.54, 1.807) is 0 Å². The van der Waals surface area contributed by atoms with Crippen LogP contribution < -0.4 is 0 Å². The molecule has 0 aromatic rings. The van der Waals surface area contributed by atoms with Gasteiger partial charge in [0.15, 0.2) is 6.10 Å². The van der Waals surface area contributed by atoms with Crippen molar-refractivity contribution in [3.05, 3.63) is 0 Å². The number of ether oxygens (including phenoxy) is 2. The quantitative estimate of drug-likeness (QED) is 0.157. The minimum absolute atomic E-state index is 0.00788. The van der Waals surface area contributed by atoms with Crippen molar-refractivity contribution in [2.75, 3.05) is 6.61 Å². The second-order valence-electron chi connectivity index (χ2n) is 7.99. The first kappa shape index (κ1) is 28.7. The molecule has 0 amide bonds. The summed E-state index contributed by atoms with van der Waals surface area (Å²) in [6.45, 7) is 3.37. The van der Waals surface area contributed by atoms with Crippen molar-refractivity contribution < 1.29 is 32.2 Å². The maximum absolute atomic E-state index is 12.3. The van der Waals surface area contributed by atoms with Gasteiger partial charge in [0.05, 0.1) is 6.61 Å². The summed E-state index contributed by atoms with van der Waals surface area (Å²) in [6, 6.07) is 0. The van der Waals surface area contributed by atoms with Gasteiger partial charge in [-0.05, 0) is 19.8 Å². The molecule has 0 N–H and O–H groups in total. The van der Waals surface area contributed by atoms with Gasteiger partial charge in [-0.25, -0.2) is 0 Å². The molecular formula is C23H41F3O4. The van der Waals surface area contributed by atoms with Gasteiger partial charge in [0.1, 0.15) is 0 Å². The fourth-order valence-corrected chi connectivity index (χ4v) is 3.08. The predicted molar refractivity (Wildman–Crippen MR) is 112 cm³/mol. The Balaban J connectivity index is 3.39. The standard InChI is InChI=1S/C23H41F3O4/c1-3-4-5-6-7-8-9-10-11-12-13-14-15-19-29-21(27)17-16-18-22(28)30-20(2)23(24,25)26/h20H,3-19H2,1-2H3. The molecule has 30 heavy (non-hydrogen) atoms. The molecule has 1 unspecified atom stereocenters. The van der Waals surface area contributed by atoms with E-state index in [9.17, 15) is 22.8 Å². The lowest BCUT2D eigenvalue weighted by atomic mass is 10.0. The lowest BCUT2D eigenvalue weighted by molar-refractivity contribution is -0.216. The maximum atomic E-state index is 12.3. The van der Waals surface area contributed by atoms with Crippen LogP contribution in [-0.2, 0) is 19.1 Å². The zero-order valence-corrected chi connectivity index (χ0v) is 18.9. The molecule has 0 aromatic heterocycles. The van der Waals surface area contributed by atoms with Gasteiger partial charge in [-0.1, -0.05) is 84.0 Å². The van der Waals surface area contributed by atoms with Gasteiger partial charge < -0.3 is 9.47 Å². The fraction of sp³-hybridized carbons (Fsp3) is 0.913. The second kappa shape index (κ2) is 18.5. The molecule has 7 heteroatoms. The van der Waals surface area contributed by atoms with Crippen LogP contribution in [0.2, 0.25) is 0 Å². The summed E-state index contributed by atoms with van der Waals surface area (Å²) in [5, 5.41) is 0. The first-order valence-corrected chi connectivity index (χ1v) is 11.7. The average Bonchev–Trinajstić information content (AvgIpc) is 2.67. The van der Waals surface area contributed by atoms with Crippen molar-refractivity contribution in [3.63, 3.8) is 0 Å². The van der Waals surface area contributed by atoms with E-state index in [1.165, 1.54) is 64.2 Å². The van der Waals surface area contributed by atoms with Crippen molar-refractivity contribution in [1.29, 1.82) is 0 Å². The molecule has 0 rings (SSSR count). The lowest BCUT2D eigenvalue weighted by Gasteiger charge is -2.16. The van der Waals surface area contributed by atoms with Gasteiger partial charge in [0.25, 0.3) is 0 Å². The summed E-state index contributed by atoms with van der Waals surface area (Å²) >= 11 is 0. The summed E-state index contributed by atoms with van der Waals surface area (Å²) < 4.78 is 46.2. The lowest BCUT2D eigenvalue weighted by Crippen LogP contribution is -2.30. The third-order valence-corrected chi connectivity index (χ3v) is 5.04. The number of halogens is 3. The Kier molecular flexibility index (Phi) is 17.7. The number of hydrogen-bond donors (Lipinski definition) is 0. The van der Waals surface area contributed by atoms with E-state index in [1.807, 2.05) is 0 Å². The van der Waals surface area contributed by atoms with E-state index in [2.05, 4.69) is 11.7 Å². The number of unbranched alkanes of at least 4 members (excludes halogenated alkanes) is 12. The van der Waals surface area contributed by atoms with Gasteiger partial charge in [-0.15, -0.1) is 0 Å². The largest absolute Gasteiger partial charge is 0.466 e. The number of carbonyl (C=O) groups excluding carboxylic acids is 2. The van der Waals surface area contributed by atoms with Crippen LogP contribution in [0.3, 0.4) is 0 Å². The van der Waals surface area contributed by atoms with Crippen LogP contribution >= 0.6 is 0 Å². The van der Waals surface area contributed by atoms with Crippen molar-refractivity contribution >= 4 is 11.9 Å². The fourth-order valence-electron chi connectivity index (χ4n) is 3.08. The zero-order chi connectivity index (χ0) is 22.7. The topological polar surface area (TPSA) is 52.6 Å². The summed E-state index contributed by atoms with van der Waals surface area (Å²) in [6.07, 6.45) is 9.37. The summed E-state index contributed by atoms with van der Waals surface area (Å²) in [7, 11) is 0. The number of esters is 2. The third kappa shape index (κ3) is 18.7. The molecule has 0 aliphatic carbocycles. The van der Waals surface area contributed by atoms with E-state index < -0.39 is 24.2 Å². The molecule has 0 fully saturated rings. The number of carbonyl (C=O) groups is 2. The van der Waals surface area contributed by atoms with Crippen LogP contribution in [0.1, 0.15) is 117 Å². The SMILES string of the molecule is CCCCCCCCCCCCCCCOC(=O)CCCC(=O)OC(C)C(F)(F)F. The average molecular weight is 439 g/mol. The van der Waals surface area contributed by atoms with Crippen molar-refractivity contribution in [1.82, 2.24) is 0 Å². The smallest absolute Gasteiger partial charge is 0.425 e. The number of rotatable bonds is 19. The van der Waals surface area contributed by atoms with Crippen molar-refractivity contribution in [2.24, 2.45) is 0 Å². The highest BCUT2D eigenvalue weighted by atomic mass is 19.4. The highest BCUT2D eigenvalue weighted by molar-refractivity contribution is 5.72. The van der Waals surface area contributed by atoms with E-state index in [0.717, 1.165) is 26.2 Å². The summed E-state index contributed by atoms with van der Waals surface area (Å²) in [5.74, 6) is -1.38. The summed E-state index contributed by atoms with van der Waals surface area (Å²) in [4.78, 5) is 22.9. The molecule has 0 aliphatic rings. The Bertz CT molecular complexity index is 439. The monoisotopic (exact) mass is 438 g/mol. The molecule has 0 spiro atoms. The molecule has 0 bridgehead atoms. The van der Waals surface area contributed by atoms with Gasteiger partial charge in [0.2, 0.25) is 0 Å². The van der Waals surface area contributed by atoms with E-state index >= 15 is 0 Å². The second-order valence-corrected chi connectivity index (χ2v) is 7.99. The van der Waals surface area contributed by atoms with Gasteiger partial charge in [0, 0.05) is 12.8 Å². The highest BCUT2D eigenvalue weighted by Gasteiger charge is 2.38. The molecule has 0 saturated carbocycles. The molecule has 0 radical (unpaired) electrons. The van der Waals surface area contributed by atoms with Gasteiger partial charge in [-0.3, -0.25) is 9.59 Å². The van der Waals surface area contributed by atoms with E-state index in [-0.39, 0.29) is 19.3 Å². The minimum atomic E-state index is -4.57. The first-order valence-electron chi connectivity index (χ1n) is 11.7. The Labute approximate surface area is 180 Å². The third-order valence-electron chi connectivity index (χ3n) is 5.04. The molecule has 0 aromatic carbocycles. The van der Waals surface area contributed by atoms with Gasteiger partial charge in [-0.2, -0.15) is 13.2 Å². The zero-order valence-electron chi connectivity index (χ0n) is 18.9. The molecular weight excluding hydrogens is 397 g/mol. The number of hydrogen-bond acceptors (Lipinski definition) is 4. The Hall–Kier alpha value is -1.27. The van der Waals surface area contributed by atoms with Crippen LogP contribution in [0.5, 0.6) is 0 Å². The van der Waals surface area contributed by atoms with Gasteiger partial charge >= 0.3 is 18.1 Å². The molecule has 178 valence electrons. The summed E-state index contributed by atoms with van der Waals surface area (Å²) in [5.41, 5.74) is 0. The van der Waals surface area contributed by atoms with Crippen LogP contribution in [0, 0.1) is 0 Å².